The van der Waals surface area contributed by atoms with Crippen LogP contribution in [0.4, 0.5) is 0 Å². The third kappa shape index (κ3) is 5.30. The molecule has 1 aliphatic rings. The van der Waals surface area contributed by atoms with Crippen molar-refractivity contribution in [2.45, 2.75) is 37.6 Å². The molecular weight excluding hydrogens is 238 g/mol. The topological polar surface area (TPSA) is 66.4 Å². The van der Waals surface area contributed by atoms with Crippen molar-refractivity contribution in [1.29, 1.82) is 0 Å². The fraction of sp³-hybridized carbons (Fsp3) is 0.500. The first-order valence-electron chi connectivity index (χ1n) is 5.67. The van der Waals surface area contributed by atoms with E-state index in [1.807, 2.05) is 6.92 Å². The smallest absolute Gasteiger partial charge is 0.294 e. The fourth-order valence-electron chi connectivity index (χ4n) is 1.57. The minimum atomic E-state index is -4.02. The monoisotopic (exact) mass is 257 g/mol. The predicted molar refractivity (Wildman–Crippen MR) is 67.7 cm³/mol. The van der Waals surface area contributed by atoms with Crippen LogP contribution in [0.15, 0.2) is 29.2 Å². The molecule has 0 saturated carbocycles. The molecule has 2 N–H and O–H groups in total. The molecule has 0 unspecified atom stereocenters. The molecule has 5 heteroatoms. The highest BCUT2D eigenvalue weighted by Crippen LogP contribution is 2.08. The molecular formula is C12H19NO3S. The summed E-state index contributed by atoms with van der Waals surface area (Å²) in [5, 5.41) is 3.32. The number of hydrogen-bond acceptors (Lipinski definition) is 3. The van der Waals surface area contributed by atoms with Crippen molar-refractivity contribution in [2.24, 2.45) is 0 Å². The van der Waals surface area contributed by atoms with Crippen molar-refractivity contribution < 1.29 is 13.0 Å². The van der Waals surface area contributed by atoms with Gasteiger partial charge in [0.1, 0.15) is 0 Å². The van der Waals surface area contributed by atoms with Crippen LogP contribution in [0.3, 0.4) is 0 Å². The first-order valence-corrected chi connectivity index (χ1v) is 7.11. The van der Waals surface area contributed by atoms with Crippen molar-refractivity contribution in [3.05, 3.63) is 29.8 Å². The van der Waals surface area contributed by atoms with E-state index in [1.54, 1.807) is 12.1 Å². The molecule has 2 rings (SSSR count). The van der Waals surface area contributed by atoms with Crippen LogP contribution in [0.25, 0.3) is 0 Å². The van der Waals surface area contributed by atoms with Gasteiger partial charge in [0, 0.05) is 6.04 Å². The Bertz CT molecular complexity index is 433. The van der Waals surface area contributed by atoms with Crippen LogP contribution in [0.1, 0.15) is 25.3 Å². The van der Waals surface area contributed by atoms with Crippen molar-refractivity contribution in [3.63, 3.8) is 0 Å². The van der Waals surface area contributed by atoms with Gasteiger partial charge in [0.05, 0.1) is 4.90 Å². The molecule has 0 radical (unpaired) electrons. The van der Waals surface area contributed by atoms with Crippen molar-refractivity contribution in [1.82, 2.24) is 5.32 Å². The summed E-state index contributed by atoms with van der Waals surface area (Å²) in [5.41, 5.74) is 0.956. The van der Waals surface area contributed by atoms with Crippen LogP contribution >= 0.6 is 0 Å². The van der Waals surface area contributed by atoms with Crippen molar-refractivity contribution >= 4 is 10.1 Å². The van der Waals surface area contributed by atoms with Gasteiger partial charge in [-0.05, 0) is 45.4 Å². The fourth-order valence-corrected chi connectivity index (χ4v) is 2.05. The molecule has 1 heterocycles. The lowest BCUT2D eigenvalue weighted by Gasteiger charge is -1.95. The highest BCUT2D eigenvalue weighted by Gasteiger charge is 2.07. The molecule has 0 aromatic heterocycles. The van der Waals surface area contributed by atoms with E-state index in [0.29, 0.717) is 0 Å². The first kappa shape index (κ1) is 14.2. The predicted octanol–water partition coefficient (Wildman–Crippen LogP) is 2.00. The number of aryl methyl sites for hydroxylation is 1. The van der Waals surface area contributed by atoms with Gasteiger partial charge in [-0.1, -0.05) is 17.7 Å². The van der Waals surface area contributed by atoms with Crippen LogP contribution in [0.2, 0.25) is 0 Å². The van der Waals surface area contributed by atoms with Crippen LogP contribution in [-0.4, -0.2) is 25.6 Å². The average Bonchev–Trinajstić information content (AvgIpc) is 2.69. The lowest BCUT2D eigenvalue weighted by molar-refractivity contribution is 0.483. The molecule has 17 heavy (non-hydrogen) atoms. The van der Waals surface area contributed by atoms with Gasteiger partial charge in [-0.3, -0.25) is 4.55 Å². The van der Waals surface area contributed by atoms with Gasteiger partial charge in [0.25, 0.3) is 10.1 Å². The summed E-state index contributed by atoms with van der Waals surface area (Å²) in [6.07, 6.45) is 2.75. The third-order valence-electron chi connectivity index (χ3n) is 2.63. The second-order valence-corrected chi connectivity index (χ2v) is 5.71. The van der Waals surface area contributed by atoms with Crippen LogP contribution in [-0.2, 0) is 10.1 Å². The maximum Gasteiger partial charge on any atom is 0.294 e. The van der Waals surface area contributed by atoms with Gasteiger partial charge < -0.3 is 5.32 Å². The highest BCUT2D eigenvalue weighted by molar-refractivity contribution is 7.85. The Kier molecular flexibility index (Phi) is 5.11. The van der Waals surface area contributed by atoms with Gasteiger partial charge in [0.15, 0.2) is 0 Å². The van der Waals surface area contributed by atoms with E-state index < -0.39 is 10.1 Å². The van der Waals surface area contributed by atoms with E-state index >= 15 is 0 Å². The zero-order valence-corrected chi connectivity index (χ0v) is 11.0. The number of benzene rings is 1. The summed E-state index contributed by atoms with van der Waals surface area (Å²) in [7, 11) is -4.02. The largest absolute Gasteiger partial charge is 0.314 e. The van der Waals surface area contributed by atoms with E-state index in [-0.39, 0.29) is 4.90 Å². The molecule has 96 valence electrons. The van der Waals surface area contributed by atoms with Gasteiger partial charge in [0.2, 0.25) is 0 Å². The lowest BCUT2D eigenvalue weighted by atomic mass is 10.2. The Balaban J connectivity index is 0.000000202. The minimum Gasteiger partial charge on any atom is -0.314 e. The van der Waals surface area contributed by atoms with Crippen LogP contribution in [0.5, 0.6) is 0 Å². The Morgan fingerprint density at radius 2 is 1.88 bits per heavy atom. The Morgan fingerprint density at radius 1 is 1.29 bits per heavy atom. The number of nitrogens with one attached hydrogen (secondary N) is 1. The maximum atomic E-state index is 10.5. The Hall–Kier alpha value is -0.910. The SMILES string of the molecule is C[C@@H]1CCCN1.Cc1ccc(S(=O)(=O)O)cc1. The van der Waals surface area contributed by atoms with Crippen LogP contribution in [0, 0.1) is 6.92 Å². The minimum absolute atomic E-state index is 0.0666. The average molecular weight is 257 g/mol. The van der Waals surface area contributed by atoms with E-state index in [4.69, 9.17) is 4.55 Å². The second kappa shape index (κ2) is 6.14. The summed E-state index contributed by atoms with van der Waals surface area (Å²) in [6.45, 7) is 5.31. The summed E-state index contributed by atoms with van der Waals surface area (Å²) in [6, 6.07) is 6.78. The third-order valence-corrected chi connectivity index (χ3v) is 3.49. The summed E-state index contributed by atoms with van der Waals surface area (Å²) < 4.78 is 29.6. The van der Waals surface area contributed by atoms with Gasteiger partial charge >= 0.3 is 0 Å². The van der Waals surface area contributed by atoms with Gasteiger partial charge in [-0.2, -0.15) is 8.42 Å². The van der Waals surface area contributed by atoms with Crippen molar-refractivity contribution in [2.75, 3.05) is 6.54 Å². The van der Waals surface area contributed by atoms with E-state index in [1.165, 1.54) is 31.5 Å². The molecule has 0 amide bonds. The lowest BCUT2D eigenvalue weighted by Crippen LogP contribution is -2.16. The molecule has 0 aliphatic carbocycles. The van der Waals surface area contributed by atoms with Crippen molar-refractivity contribution in [3.8, 4) is 0 Å². The normalized spacial score (nSPS) is 19.6. The summed E-state index contributed by atoms with van der Waals surface area (Å²) in [5.74, 6) is 0. The Morgan fingerprint density at radius 3 is 2.18 bits per heavy atom. The molecule has 1 aromatic rings. The standard InChI is InChI=1S/C7H8O3S.C5H11N/c1-6-2-4-7(5-3-6)11(8,9)10;1-5-3-2-4-6-5/h2-5H,1H3,(H,8,9,10);5-6H,2-4H2,1H3/t;5-/m.1/s1. The molecule has 1 fully saturated rings. The number of hydrogen-bond donors (Lipinski definition) is 2. The number of rotatable bonds is 1. The van der Waals surface area contributed by atoms with E-state index in [0.717, 1.165) is 11.6 Å². The summed E-state index contributed by atoms with van der Waals surface area (Å²) >= 11 is 0. The van der Waals surface area contributed by atoms with E-state index in [2.05, 4.69) is 12.2 Å². The quantitative estimate of drug-likeness (QED) is 0.755. The molecule has 1 aromatic carbocycles. The molecule has 0 spiro atoms. The second-order valence-electron chi connectivity index (χ2n) is 4.29. The van der Waals surface area contributed by atoms with Crippen LogP contribution < -0.4 is 5.32 Å². The maximum absolute atomic E-state index is 10.5. The highest BCUT2D eigenvalue weighted by atomic mass is 32.2. The molecule has 1 aliphatic heterocycles. The first-order chi connectivity index (χ1) is 7.89. The zero-order chi connectivity index (χ0) is 12.9. The zero-order valence-electron chi connectivity index (χ0n) is 10.2. The molecule has 1 saturated heterocycles. The molecule has 1 atom stereocenters. The van der Waals surface area contributed by atoms with Gasteiger partial charge in [-0.15, -0.1) is 0 Å². The Labute approximate surface area is 103 Å². The van der Waals surface area contributed by atoms with Gasteiger partial charge in [-0.25, -0.2) is 0 Å². The molecule has 4 nitrogen and oxygen atoms in total. The van der Waals surface area contributed by atoms with E-state index in [9.17, 15) is 8.42 Å². The summed E-state index contributed by atoms with van der Waals surface area (Å²) in [4.78, 5) is -0.0666. The molecule has 0 bridgehead atoms.